The zero-order valence-electron chi connectivity index (χ0n) is 15.5. The third-order valence-electron chi connectivity index (χ3n) is 3.75. The zero-order valence-corrected chi connectivity index (χ0v) is 15.5. The molecule has 3 heterocycles. The largest absolute Gasteiger partial charge is 0.472 e. The molecular weight excluding hydrogens is 381 g/mol. The molecular formula is C17H19F3N4O4. The highest BCUT2D eigenvalue weighted by Crippen LogP contribution is 2.29. The molecule has 3 rings (SSSR count). The SMILES string of the molecule is CC(C)(C)OC(=O)N1CCC(Oc2ccc(-c3noc(C(F)(F)F)n3)cn2)C1. The number of hydrogen-bond acceptors (Lipinski definition) is 7. The molecule has 0 aliphatic carbocycles. The topological polar surface area (TPSA) is 90.6 Å². The van der Waals surface area contributed by atoms with Crippen molar-refractivity contribution in [2.24, 2.45) is 0 Å². The lowest BCUT2D eigenvalue weighted by Gasteiger charge is -2.24. The van der Waals surface area contributed by atoms with Crippen molar-refractivity contribution in [1.82, 2.24) is 20.0 Å². The fourth-order valence-corrected chi connectivity index (χ4v) is 2.53. The monoisotopic (exact) mass is 400 g/mol. The van der Waals surface area contributed by atoms with E-state index in [1.807, 2.05) is 0 Å². The smallest absolute Gasteiger partial charge is 0.471 e. The summed E-state index contributed by atoms with van der Waals surface area (Å²) >= 11 is 0. The highest BCUT2D eigenvalue weighted by atomic mass is 19.4. The Kier molecular flexibility index (Phi) is 5.18. The normalized spacial score (nSPS) is 17.6. The average molecular weight is 400 g/mol. The number of ether oxygens (including phenoxy) is 2. The van der Waals surface area contributed by atoms with Crippen LogP contribution in [-0.2, 0) is 10.9 Å². The number of alkyl halides is 3. The molecule has 2 aromatic rings. The molecule has 1 atom stereocenters. The van der Waals surface area contributed by atoms with Gasteiger partial charge in [-0.05, 0) is 26.8 Å². The second kappa shape index (κ2) is 7.28. The molecule has 8 nitrogen and oxygen atoms in total. The molecule has 2 aromatic heterocycles. The van der Waals surface area contributed by atoms with Crippen molar-refractivity contribution in [2.75, 3.05) is 13.1 Å². The second-order valence-corrected chi connectivity index (χ2v) is 7.26. The number of hydrogen-bond donors (Lipinski definition) is 0. The van der Waals surface area contributed by atoms with Crippen LogP contribution in [0, 0.1) is 0 Å². The van der Waals surface area contributed by atoms with Gasteiger partial charge in [0.25, 0.3) is 0 Å². The summed E-state index contributed by atoms with van der Waals surface area (Å²) in [6.07, 6.45) is -3.46. The lowest BCUT2D eigenvalue weighted by Crippen LogP contribution is -2.36. The highest BCUT2D eigenvalue weighted by molar-refractivity contribution is 5.68. The van der Waals surface area contributed by atoms with E-state index in [0.717, 1.165) is 0 Å². The lowest BCUT2D eigenvalue weighted by molar-refractivity contribution is -0.159. The molecule has 1 unspecified atom stereocenters. The molecule has 0 radical (unpaired) electrons. The molecule has 0 N–H and O–H groups in total. The van der Waals surface area contributed by atoms with Gasteiger partial charge >= 0.3 is 18.2 Å². The molecule has 0 bridgehead atoms. The number of likely N-dealkylation sites (tertiary alicyclic amines) is 1. The maximum Gasteiger partial charge on any atom is 0.471 e. The van der Waals surface area contributed by atoms with Gasteiger partial charge in [0.2, 0.25) is 11.7 Å². The zero-order chi connectivity index (χ0) is 20.5. The molecule has 152 valence electrons. The van der Waals surface area contributed by atoms with Crippen LogP contribution in [-0.4, -0.2) is 50.9 Å². The van der Waals surface area contributed by atoms with Gasteiger partial charge in [-0.3, -0.25) is 0 Å². The van der Waals surface area contributed by atoms with Crippen LogP contribution in [0.2, 0.25) is 0 Å². The summed E-state index contributed by atoms with van der Waals surface area (Å²) in [4.78, 5) is 21.0. The third-order valence-corrected chi connectivity index (χ3v) is 3.75. The minimum Gasteiger partial charge on any atom is -0.472 e. The van der Waals surface area contributed by atoms with Gasteiger partial charge in [-0.15, -0.1) is 0 Å². The fourth-order valence-electron chi connectivity index (χ4n) is 2.53. The average Bonchev–Trinajstić information content (AvgIpc) is 3.23. The minimum absolute atomic E-state index is 0.219. The van der Waals surface area contributed by atoms with Gasteiger partial charge in [-0.25, -0.2) is 9.78 Å². The first kappa shape index (κ1) is 19.9. The van der Waals surface area contributed by atoms with Gasteiger partial charge in [-0.1, -0.05) is 5.16 Å². The molecule has 11 heteroatoms. The molecule has 1 amide bonds. The van der Waals surface area contributed by atoms with Crippen molar-refractivity contribution in [1.29, 1.82) is 0 Å². The fraction of sp³-hybridized carbons (Fsp3) is 0.529. The van der Waals surface area contributed by atoms with Crippen LogP contribution in [0.15, 0.2) is 22.9 Å². The van der Waals surface area contributed by atoms with E-state index >= 15 is 0 Å². The van der Waals surface area contributed by atoms with Crippen molar-refractivity contribution in [3.05, 3.63) is 24.2 Å². The van der Waals surface area contributed by atoms with E-state index in [-0.39, 0.29) is 23.4 Å². The van der Waals surface area contributed by atoms with Crippen molar-refractivity contribution in [2.45, 2.75) is 45.1 Å². The summed E-state index contributed by atoms with van der Waals surface area (Å²) in [6.45, 7) is 6.24. The van der Waals surface area contributed by atoms with Crippen LogP contribution in [0.3, 0.4) is 0 Å². The lowest BCUT2D eigenvalue weighted by atomic mass is 10.2. The second-order valence-electron chi connectivity index (χ2n) is 7.26. The Balaban J connectivity index is 1.58. The Morgan fingerprint density at radius 3 is 2.61 bits per heavy atom. The van der Waals surface area contributed by atoms with Gasteiger partial charge in [0.15, 0.2) is 0 Å². The number of aromatic nitrogens is 3. The molecule has 28 heavy (non-hydrogen) atoms. The van der Waals surface area contributed by atoms with Gasteiger partial charge in [-0.2, -0.15) is 18.2 Å². The van der Waals surface area contributed by atoms with Crippen molar-refractivity contribution >= 4 is 6.09 Å². The van der Waals surface area contributed by atoms with Crippen LogP contribution in [0.4, 0.5) is 18.0 Å². The Bertz CT molecular complexity index is 830. The number of nitrogens with zero attached hydrogens (tertiary/aromatic N) is 4. The number of halogens is 3. The minimum atomic E-state index is -4.70. The quantitative estimate of drug-likeness (QED) is 0.778. The van der Waals surface area contributed by atoms with Gasteiger partial charge in [0.05, 0.1) is 6.54 Å². The molecule has 1 saturated heterocycles. The van der Waals surface area contributed by atoms with Gasteiger partial charge in [0, 0.05) is 30.8 Å². The summed E-state index contributed by atoms with van der Waals surface area (Å²) in [6, 6.07) is 2.98. The number of rotatable bonds is 3. The van der Waals surface area contributed by atoms with E-state index in [1.54, 1.807) is 25.7 Å². The first-order valence-corrected chi connectivity index (χ1v) is 8.53. The first-order chi connectivity index (χ1) is 13.0. The number of amides is 1. The summed E-state index contributed by atoms with van der Waals surface area (Å²) in [5.74, 6) is -1.36. The predicted molar refractivity (Wildman–Crippen MR) is 89.4 cm³/mol. The van der Waals surface area contributed by atoms with Crippen molar-refractivity contribution < 1.29 is 32.0 Å². The number of carbonyl (C=O) groups excluding carboxylic acids is 1. The Hall–Kier alpha value is -2.85. The number of pyridine rings is 1. The molecule has 0 saturated carbocycles. The Morgan fingerprint density at radius 2 is 2.04 bits per heavy atom. The van der Waals surface area contributed by atoms with Crippen molar-refractivity contribution in [3.63, 3.8) is 0 Å². The van der Waals surface area contributed by atoms with Gasteiger partial charge < -0.3 is 18.9 Å². The van der Waals surface area contributed by atoms with E-state index in [9.17, 15) is 18.0 Å². The molecule has 0 aromatic carbocycles. The van der Waals surface area contributed by atoms with Crippen molar-refractivity contribution in [3.8, 4) is 17.3 Å². The standard InChI is InChI=1S/C17H19F3N4O4/c1-16(2,3)27-15(25)24-7-6-11(9-24)26-12-5-4-10(8-21-12)13-22-14(28-23-13)17(18,19)20/h4-5,8,11H,6-7,9H2,1-3H3. The first-order valence-electron chi connectivity index (χ1n) is 8.53. The molecule has 1 fully saturated rings. The Labute approximate surface area is 158 Å². The van der Waals surface area contributed by atoms with E-state index in [4.69, 9.17) is 9.47 Å². The van der Waals surface area contributed by atoms with E-state index in [2.05, 4.69) is 19.6 Å². The van der Waals surface area contributed by atoms with Crippen LogP contribution in [0.1, 0.15) is 33.1 Å². The maximum absolute atomic E-state index is 12.5. The highest BCUT2D eigenvalue weighted by Gasteiger charge is 2.38. The molecule has 0 spiro atoms. The summed E-state index contributed by atoms with van der Waals surface area (Å²) in [5.41, 5.74) is -0.317. The number of carbonyl (C=O) groups is 1. The predicted octanol–water partition coefficient (Wildman–Crippen LogP) is 3.54. The maximum atomic E-state index is 12.5. The molecule has 1 aliphatic heterocycles. The van der Waals surface area contributed by atoms with E-state index in [0.29, 0.717) is 19.5 Å². The van der Waals surface area contributed by atoms with Crippen LogP contribution in [0.5, 0.6) is 5.88 Å². The van der Waals surface area contributed by atoms with Gasteiger partial charge in [0.1, 0.15) is 11.7 Å². The van der Waals surface area contributed by atoms with Crippen LogP contribution < -0.4 is 4.74 Å². The van der Waals surface area contributed by atoms with E-state index in [1.165, 1.54) is 18.3 Å². The Morgan fingerprint density at radius 1 is 1.29 bits per heavy atom. The summed E-state index contributed by atoms with van der Waals surface area (Å²) < 4.78 is 52.8. The third kappa shape index (κ3) is 4.90. The molecule has 1 aliphatic rings. The van der Waals surface area contributed by atoms with Crippen LogP contribution >= 0.6 is 0 Å². The summed E-state index contributed by atoms with van der Waals surface area (Å²) in [7, 11) is 0. The van der Waals surface area contributed by atoms with Crippen LogP contribution in [0.25, 0.3) is 11.4 Å². The van der Waals surface area contributed by atoms with E-state index < -0.39 is 23.8 Å². The summed E-state index contributed by atoms with van der Waals surface area (Å²) in [5, 5.41) is 3.30.